The Kier molecular flexibility index (Phi) is 5.20. The summed E-state index contributed by atoms with van der Waals surface area (Å²) < 4.78 is 5.94. The molecule has 0 bridgehead atoms. The average molecular weight is 478 g/mol. The van der Waals surface area contributed by atoms with Gasteiger partial charge in [0.25, 0.3) is 11.6 Å². The van der Waals surface area contributed by atoms with Crippen molar-refractivity contribution in [3.63, 3.8) is 0 Å². The SMILES string of the molecule is O=C(Nc1ccc2oc(-c3cccc4c(Cl)cccc34)nc2c1)c1cc([N+](=O)[O-])ccc1Cl. The van der Waals surface area contributed by atoms with E-state index in [2.05, 4.69) is 10.3 Å². The van der Waals surface area contributed by atoms with Crippen molar-refractivity contribution >= 4 is 62.4 Å². The van der Waals surface area contributed by atoms with Crippen molar-refractivity contribution in [2.75, 3.05) is 5.32 Å². The lowest BCUT2D eigenvalue weighted by Crippen LogP contribution is -2.12. The highest BCUT2D eigenvalue weighted by Gasteiger charge is 2.17. The van der Waals surface area contributed by atoms with Gasteiger partial charge < -0.3 is 9.73 Å². The van der Waals surface area contributed by atoms with Crippen molar-refractivity contribution in [3.8, 4) is 11.5 Å². The minimum absolute atomic E-state index is 0.000519. The minimum Gasteiger partial charge on any atom is -0.436 e. The Bertz CT molecular complexity index is 1580. The molecule has 5 rings (SSSR count). The summed E-state index contributed by atoms with van der Waals surface area (Å²) in [5, 5.41) is 16.3. The zero-order valence-corrected chi connectivity index (χ0v) is 18.2. The van der Waals surface area contributed by atoms with Crippen LogP contribution in [-0.4, -0.2) is 15.8 Å². The van der Waals surface area contributed by atoms with Crippen LogP contribution in [0.25, 0.3) is 33.3 Å². The van der Waals surface area contributed by atoms with Crippen molar-refractivity contribution in [2.24, 2.45) is 0 Å². The van der Waals surface area contributed by atoms with Gasteiger partial charge in [0.2, 0.25) is 5.89 Å². The van der Waals surface area contributed by atoms with Crippen molar-refractivity contribution < 1.29 is 14.1 Å². The molecule has 4 aromatic carbocycles. The number of anilines is 1. The highest BCUT2D eigenvalue weighted by molar-refractivity contribution is 6.36. The van der Waals surface area contributed by atoms with Gasteiger partial charge in [-0.05, 0) is 41.8 Å². The molecule has 33 heavy (non-hydrogen) atoms. The summed E-state index contributed by atoms with van der Waals surface area (Å²) in [6, 6.07) is 20.0. The van der Waals surface area contributed by atoms with E-state index in [1.54, 1.807) is 18.2 Å². The Morgan fingerprint density at radius 3 is 2.55 bits per heavy atom. The van der Waals surface area contributed by atoms with Crippen LogP contribution < -0.4 is 5.32 Å². The number of halogens is 2. The van der Waals surface area contributed by atoms with E-state index < -0.39 is 10.8 Å². The molecule has 0 aliphatic rings. The summed E-state index contributed by atoms with van der Waals surface area (Å²) in [7, 11) is 0. The van der Waals surface area contributed by atoms with Crippen molar-refractivity contribution in [2.45, 2.75) is 0 Å². The third kappa shape index (κ3) is 3.88. The van der Waals surface area contributed by atoms with Crippen molar-refractivity contribution in [1.82, 2.24) is 4.98 Å². The number of hydrogen-bond acceptors (Lipinski definition) is 5. The summed E-state index contributed by atoms with van der Waals surface area (Å²) >= 11 is 12.4. The number of nitrogens with zero attached hydrogens (tertiary/aromatic N) is 2. The van der Waals surface area contributed by atoms with E-state index in [-0.39, 0.29) is 16.3 Å². The second kappa shape index (κ2) is 8.20. The van der Waals surface area contributed by atoms with E-state index in [4.69, 9.17) is 27.6 Å². The monoisotopic (exact) mass is 477 g/mol. The molecule has 0 saturated heterocycles. The lowest BCUT2D eigenvalue weighted by molar-refractivity contribution is -0.384. The molecule has 162 valence electrons. The molecule has 9 heteroatoms. The highest BCUT2D eigenvalue weighted by Crippen LogP contribution is 2.34. The fraction of sp³-hybridized carbons (Fsp3) is 0. The Morgan fingerprint density at radius 1 is 0.939 bits per heavy atom. The van der Waals surface area contributed by atoms with E-state index in [0.717, 1.165) is 22.4 Å². The standard InChI is InChI=1S/C24H13Cl2N3O4/c25-19-6-2-3-15-16(19)4-1-5-17(15)24-28-21-11-13(7-10-22(21)33-24)27-23(30)18-12-14(29(31)32)8-9-20(18)26/h1-12H,(H,27,30). The third-order valence-electron chi connectivity index (χ3n) is 5.15. The largest absolute Gasteiger partial charge is 0.436 e. The maximum absolute atomic E-state index is 12.7. The smallest absolute Gasteiger partial charge is 0.270 e. The van der Waals surface area contributed by atoms with E-state index in [0.29, 0.717) is 27.7 Å². The predicted molar refractivity (Wildman–Crippen MR) is 128 cm³/mol. The van der Waals surface area contributed by atoms with Crippen LogP contribution in [0.1, 0.15) is 10.4 Å². The molecule has 1 amide bonds. The molecule has 0 saturated carbocycles. The van der Waals surface area contributed by atoms with E-state index in [1.165, 1.54) is 12.1 Å². The lowest BCUT2D eigenvalue weighted by atomic mass is 10.0. The average Bonchev–Trinajstić information content (AvgIpc) is 3.22. The number of nitrogens with one attached hydrogen (secondary N) is 1. The molecule has 5 aromatic rings. The van der Waals surface area contributed by atoms with Crippen LogP contribution in [0.5, 0.6) is 0 Å². The number of aromatic nitrogens is 1. The van der Waals surface area contributed by atoms with Crippen LogP contribution in [0, 0.1) is 10.1 Å². The quantitative estimate of drug-likeness (QED) is 0.219. The number of nitro benzene ring substituents is 1. The van der Waals surface area contributed by atoms with Crippen LogP contribution in [-0.2, 0) is 0 Å². The number of non-ortho nitro benzene ring substituents is 1. The number of oxazole rings is 1. The van der Waals surface area contributed by atoms with Gasteiger partial charge in [0.15, 0.2) is 5.58 Å². The van der Waals surface area contributed by atoms with Gasteiger partial charge in [0.1, 0.15) is 5.52 Å². The first kappa shape index (κ1) is 20.9. The molecule has 1 aromatic heterocycles. The van der Waals surface area contributed by atoms with Gasteiger partial charge >= 0.3 is 0 Å². The zero-order chi connectivity index (χ0) is 23.1. The van der Waals surface area contributed by atoms with Crippen LogP contribution in [0.15, 0.2) is 77.2 Å². The normalized spacial score (nSPS) is 11.1. The van der Waals surface area contributed by atoms with Gasteiger partial charge in [-0.1, -0.05) is 47.5 Å². The fourth-order valence-corrected chi connectivity index (χ4v) is 4.02. The van der Waals surface area contributed by atoms with Gasteiger partial charge in [-0.25, -0.2) is 4.98 Å². The molecule has 0 aliphatic carbocycles. The summed E-state index contributed by atoms with van der Waals surface area (Å²) in [6.45, 7) is 0. The second-order valence-electron chi connectivity index (χ2n) is 7.22. The predicted octanol–water partition coefficient (Wildman–Crippen LogP) is 7.12. The number of carbonyl (C=O) groups is 1. The molecule has 1 N–H and O–H groups in total. The van der Waals surface area contributed by atoms with Crippen LogP contribution >= 0.6 is 23.2 Å². The van der Waals surface area contributed by atoms with Gasteiger partial charge in [0, 0.05) is 33.8 Å². The Labute approximate surface area is 196 Å². The van der Waals surface area contributed by atoms with E-state index in [1.807, 2.05) is 36.4 Å². The molecule has 0 unspecified atom stereocenters. The van der Waals surface area contributed by atoms with Gasteiger partial charge in [-0.2, -0.15) is 0 Å². The number of benzene rings is 4. The zero-order valence-electron chi connectivity index (χ0n) is 16.7. The summed E-state index contributed by atoms with van der Waals surface area (Å²) in [5.74, 6) is -0.154. The number of fused-ring (bicyclic) bond motifs is 2. The molecule has 0 radical (unpaired) electrons. The maximum Gasteiger partial charge on any atom is 0.270 e. The third-order valence-corrected chi connectivity index (χ3v) is 5.81. The first-order chi connectivity index (χ1) is 15.9. The lowest BCUT2D eigenvalue weighted by Gasteiger charge is -2.06. The highest BCUT2D eigenvalue weighted by atomic mass is 35.5. The van der Waals surface area contributed by atoms with Crippen LogP contribution in [0.3, 0.4) is 0 Å². The molecule has 0 fully saturated rings. The second-order valence-corrected chi connectivity index (χ2v) is 8.03. The molecule has 0 spiro atoms. The van der Waals surface area contributed by atoms with Crippen molar-refractivity contribution in [3.05, 3.63) is 98.5 Å². The van der Waals surface area contributed by atoms with E-state index >= 15 is 0 Å². The van der Waals surface area contributed by atoms with Crippen LogP contribution in [0.4, 0.5) is 11.4 Å². The number of nitro groups is 1. The van der Waals surface area contributed by atoms with Crippen LogP contribution in [0.2, 0.25) is 10.0 Å². The molecular weight excluding hydrogens is 465 g/mol. The first-order valence-corrected chi connectivity index (χ1v) is 10.5. The van der Waals surface area contributed by atoms with Gasteiger partial charge in [0.05, 0.1) is 15.5 Å². The summed E-state index contributed by atoms with van der Waals surface area (Å²) in [6.07, 6.45) is 0. The number of hydrogen-bond donors (Lipinski definition) is 1. The number of amides is 1. The minimum atomic E-state index is -0.587. The Hall–Kier alpha value is -3.94. The molecule has 0 atom stereocenters. The summed E-state index contributed by atoms with van der Waals surface area (Å²) in [5.41, 5.74) is 2.08. The van der Waals surface area contributed by atoms with Gasteiger partial charge in [-0.3, -0.25) is 14.9 Å². The fourth-order valence-electron chi connectivity index (χ4n) is 3.58. The molecule has 7 nitrogen and oxygen atoms in total. The summed E-state index contributed by atoms with van der Waals surface area (Å²) in [4.78, 5) is 27.7. The molecular formula is C24H13Cl2N3O4. The molecule has 1 heterocycles. The van der Waals surface area contributed by atoms with Gasteiger partial charge in [-0.15, -0.1) is 0 Å². The first-order valence-electron chi connectivity index (χ1n) is 9.74. The Morgan fingerprint density at radius 2 is 1.73 bits per heavy atom. The molecule has 0 aliphatic heterocycles. The maximum atomic E-state index is 12.7. The van der Waals surface area contributed by atoms with Crippen molar-refractivity contribution in [1.29, 1.82) is 0 Å². The number of rotatable bonds is 4. The Balaban J connectivity index is 1.49. The number of carbonyl (C=O) groups excluding carboxylic acids is 1. The topological polar surface area (TPSA) is 98.3 Å². The van der Waals surface area contributed by atoms with E-state index in [9.17, 15) is 14.9 Å².